The van der Waals surface area contributed by atoms with Gasteiger partial charge in [-0.3, -0.25) is 9.78 Å². The van der Waals surface area contributed by atoms with Crippen LogP contribution in [0.2, 0.25) is 0 Å². The highest BCUT2D eigenvalue weighted by molar-refractivity contribution is 6.00. The van der Waals surface area contributed by atoms with E-state index in [4.69, 9.17) is 5.73 Å². The van der Waals surface area contributed by atoms with E-state index in [1.54, 1.807) is 30.5 Å². The minimum Gasteiger partial charge on any atom is -0.380 e. The predicted octanol–water partition coefficient (Wildman–Crippen LogP) is 6.50. The first kappa shape index (κ1) is 24.8. The number of primary amides is 1. The number of halogens is 3. The number of hydrogen-bond acceptors (Lipinski definition) is 5. The Labute approximate surface area is 221 Å². The zero-order valence-electron chi connectivity index (χ0n) is 20.9. The average molecular weight is 531 g/mol. The molecule has 1 amide bonds. The van der Waals surface area contributed by atoms with Crippen LogP contribution < -0.4 is 11.1 Å². The van der Waals surface area contributed by atoms with E-state index in [0.29, 0.717) is 16.8 Å². The number of aromatic nitrogens is 4. The van der Waals surface area contributed by atoms with Crippen LogP contribution in [0.5, 0.6) is 0 Å². The molecule has 7 nitrogen and oxygen atoms in total. The molecule has 3 aromatic heterocycles. The van der Waals surface area contributed by atoms with E-state index in [1.807, 2.05) is 30.3 Å². The Balaban J connectivity index is 1.53. The molecule has 3 N–H and O–H groups in total. The zero-order valence-corrected chi connectivity index (χ0v) is 20.9. The second-order valence-corrected chi connectivity index (χ2v) is 9.81. The number of pyridine rings is 2. The molecule has 1 aliphatic rings. The Bertz CT molecular complexity index is 1710. The standard InChI is InChI=1S/C29H25F3N6O/c30-29(31,32)27-25-21(18-13-17-7-4-5-11-22(17)34-15-18)10-6-12-24(25)38(37-27)20-14-23(26(28(33)39)35-16-20)36-19-8-2-1-3-9-19/h4-7,10-16,19,36H,1-3,8-9H2,(H2,33,39). The number of carbonyl (C=O) groups excluding carboxylic acids is 1. The molecule has 0 unspecified atom stereocenters. The van der Waals surface area contributed by atoms with Crippen molar-refractivity contribution in [1.29, 1.82) is 0 Å². The van der Waals surface area contributed by atoms with Gasteiger partial charge in [0.1, 0.15) is 0 Å². The number of amides is 1. The zero-order chi connectivity index (χ0) is 27.1. The number of hydrogen-bond donors (Lipinski definition) is 2. The van der Waals surface area contributed by atoms with Gasteiger partial charge in [0, 0.05) is 28.6 Å². The average Bonchev–Trinajstić information content (AvgIpc) is 3.34. The largest absolute Gasteiger partial charge is 0.435 e. The summed E-state index contributed by atoms with van der Waals surface area (Å²) in [4.78, 5) is 20.8. The van der Waals surface area contributed by atoms with Gasteiger partial charge in [-0.05, 0) is 42.7 Å². The molecule has 3 heterocycles. The molecule has 2 aromatic carbocycles. The fraction of sp³-hybridized carbons (Fsp3) is 0.241. The Morgan fingerprint density at radius 3 is 2.54 bits per heavy atom. The minimum atomic E-state index is -4.71. The van der Waals surface area contributed by atoms with Gasteiger partial charge in [0.2, 0.25) is 0 Å². The highest BCUT2D eigenvalue weighted by atomic mass is 19.4. The summed E-state index contributed by atoms with van der Waals surface area (Å²) in [6.07, 6.45) is 3.29. The van der Waals surface area contributed by atoms with E-state index in [2.05, 4.69) is 20.4 Å². The third kappa shape index (κ3) is 4.67. The highest BCUT2D eigenvalue weighted by Crippen LogP contribution is 2.40. The fourth-order valence-corrected chi connectivity index (χ4v) is 5.37. The Morgan fingerprint density at radius 1 is 0.974 bits per heavy atom. The maximum absolute atomic E-state index is 14.4. The molecule has 1 fully saturated rings. The normalized spacial score (nSPS) is 14.6. The van der Waals surface area contributed by atoms with Crippen LogP contribution in [0, 0.1) is 0 Å². The first-order valence-corrected chi connectivity index (χ1v) is 12.8. The number of rotatable bonds is 5. The lowest BCUT2D eigenvalue weighted by atomic mass is 9.95. The molecule has 5 aromatic rings. The van der Waals surface area contributed by atoms with E-state index in [1.165, 1.54) is 10.9 Å². The third-order valence-corrected chi connectivity index (χ3v) is 7.19. The molecule has 0 aliphatic heterocycles. The lowest BCUT2D eigenvalue weighted by Crippen LogP contribution is -2.25. The summed E-state index contributed by atoms with van der Waals surface area (Å²) in [5.41, 5.74) is 7.19. The van der Waals surface area contributed by atoms with Gasteiger partial charge in [0.05, 0.1) is 28.6 Å². The van der Waals surface area contributed by atoms with Crippen molar-refractivity contribution in [1.82, 2.24) is 19.7 Å². The van der Waals surface area contributed by atoms with Crippen molar-refractivity contribution in [2.45, 2.75) is 44.3 Å². The van der Waals surface area contributed by atoms with Gasteiger partial charge in [-0.15, -0.1) is 0 Å². The molecular weight excluding hydrogens is 505 g/mol. The molecule has 0 bridgehead atoms. The summed E-state index contributed by atoms with van der Waals surface area (Å²) >= 11 is 0. The van der Waals surface area contributed by atoms with Crippen LogP contribution in [0.4, 0.5) is 18.9 Å². The van der Waals surface area contributed by atoms with Crippen LogP contribution in [-0.2, 0) is 6.18 Å². The van der Waals surface area contributed by atoms with Gasteiger partial charge in [0.15, 0.2) is 11.4 Å². The van der Waals surface area contributed by atoms with Gasteiger partial charge < -0.3 is 11.1 Å². The summed E-state index contributed by atoms with van der Waals surface area (Å²) in [6.45, 7) is 0. The number of para-hydroxylation sites is 1. The van der Waals surface area contributed by atoms with Gasteiger partial charge in [-0.2, -0.15) is 18.3 Å². The lowest BCUT2D eigenvalue weighted by Gasteiger charge is -2.24. The quantitative estimate of drug-likeness (QED) is 0.270. The number of nitrogens with two attached hydrogens (primary N) is 1. The van der Waals surface area contributed by atoms with Crippen molar-refractivity contribution in [2.24, 2.45) is 5.73 Å². The maximum atomic E-state index is 14.4. The van der Waals surface area contributed by atoms with Crippen LogP contribution in [0.1, 0.15) is 48.3 Å². The van der Waals surface area contributed by atoms with Gasteiger partial charge >= 0.3 is 6.18 Å². The molecule has 1 saturated carbocycles. The molecule has 0 spiro atoms. The molecule has 6 rings (SSSR count). The lowest BCUT2D eigenvalue weighted by molar-refractivity contribution is -0.140. The Kier molecular flexibility index (Phi) is 6.17. The van der Waals surface area contributed by atoms with Crippen LogP contribution in [0.3, 0.4) is 0 Å². The fourth-order valence-electron chi connectivity index (χ4n) is 5.37. The van der Waals surface area contributed by atoms with Crippen LogP contribution in [0.15, 0.2) is 67.0 Å². The molecule has 39 heavy (non-hydrogen) atoms. The molecule has 0 radical (unpaired) electrons. The summed E-state index contributed by atoms with van der Waals surface area (Å²) in [5.74, 6) is -0.716. The number of alkyl halides is 3. The van der Waals surface area contributed by atoms with E-state index in [0.717, 1.165) is 43.0 Å². The molecule has 0 atom stereocenters. The number of carbonyl (C=O) groups is 1. The smallest absolute Gasteiger partial charge is 0.380 e. The number of nitrogens with zero attached hydrogens (tertiary/aromatic N) is 4. The number of nitrogens with one attached hydrogen (secondary N) is 1. The molecule has 198 valence electrons. The number of anilines is 1. The monoisotopic (exact) mass is 530 g/mol. The highest BCUT2D eigenvalue weighted by Gasteiger charge is 2.38. The first-order chi connectivity index (χ1) is 18.8. The maximum Gasteiger partial charge on any atom is 0.435 e. The molecule has 1 aliphatic carbocycles. The summed E-state index contributed by atoms with van der Waals surface area (Å²) in [5, 5.41) is 8.15. The Hall–Kier alpha value is -4.47. The first-order valence-electron chi connectivity index (χ1n) is 12.8. The van der Waals surface area contributed by atoms with Crippen molar-refractivity contribution >= 4 is 33.4 Å². The third-order valence-electron chi connectivity index (χ3n) is 7.19. The van der Waals surface area contributed by atoms with Crippen molar-refractivity contribution in [2.75, 3.05) is 5.32 Å². The molecule has 10 heteroatoms. The topological polar surface area (TPSA) is 98.7 Å². The number of fused-ring (bicyclic) bond motifs is 2. The van der Waals surface area contributed by atoms with Gasteiger partial charge in [0.25, 0.3) is 5.91 Å². The van der Waals surface area contributed by atoms with Crippen molar-refractivity contribution in [3.05, 3.63) is 78.4 Å². The van der Waals surface area contributed by atoms with Crippen LogP contribution in [-0.4, -0.2) is 31.7 Å². The van der Waals surface area contributed by atoms with E-state index >= 15 is 0 Å². The van der Waals surface area contributed by atoms with E-state index < -0.39 is 17.8 Å². The SMILES string of the molecule is NC(=O)c1ncc(-n2nc(C(F)(F)F)c3c(-c4cnc5ccccc5c4)cccc32)cc1NC1CCCCC1. The van der Waals surface area contributed by atoms with Gasteiger partial charge in [-0.25, -0.2) is 9.67 Å². The van der Waals surface area contributed by atoms with Crippen molar-refractivity contribution in [3.63, 3.8) is 0 Å². The number of benzene rings is 2. The van der Waals surface area contributed by atoms with E-state index in [-0.39, 0.29) is 28.3 Å². The second kappa shape index (κ2) is 9.68. The van der Waals surface area contributed by atoms with Crippen LogP contribution in [0.25, 0.3) is 38.6 Å². The van der Waals surface area contributed by atoms with E-state index in [9.17, 15) is 18.0 Å². The summed E-state index contributed by atoms with van der Waals surface area (Å²) in [6, 6.07) is 15.9. The summed E-state index contributed by atoms with van der Waals surface area (Å²) in [7, 11) is 0. The van der Waals surface area contributed by atoms with Crippen molar-refractivity contribution < 1.29 is 18.0 Å². The van der Waals surface area contributed by atoms with Crippen molar-refractivity contribution in [3.8, 4) is 16.8 Å². The molecular formula is C29H25F3N6O. The minimum absolute atomic E-state index is 0.0390. The second-order valence-electron chi connectivity index (χ2n) is 9.81. The molecule has 0 saturated heterocycles. The van der Waals surface area contributed by atoms with Gasteiger partial charge in [-0.1, -0.05) is 49.6 Å². The summed E-state index contributed by atoms with van der Waals surface area (Å²) < 4.78 is 44.3. The predicted molar refractivity (Wildman–Crippen MR) is 144 cm³/mol. The van der Waals surface area contributed by atoms with Crippen LogP contribution >= 0.6 is 0 Å². The Morgan fingerprint density at radius 2 is 1.77 bits per heavy atom.